The summed E-state index contributed by atoms with van der Waals surface area (Å²) in [6, 6.07) is 12.8. The molecule has 34 heavy (non-hydrogen) atoms. The van der Waals surface area contributed by atoms with Gasteiger partial charge >= 0.3 is 0 Å². The number of halogens is 1. The molecule has 1 heterocycles. The summed E-state index contributed by atoms with van der Waals surface area (Å²) in [6.07, 6.45) is 3.12. The SMILES string of the molecule is CCI.[B]C1(CC)CCC12CN(/C(=N/NS(=O)(=O)c1ccc(C)cc1)c1c(C)cccc1C)C2. The lowest BCUT2D eigenvalue weighted by Gasteiger charge is -2.68. The fraction of sp³-hybridized carbons (Fsp3) is 0.500. The van der Waals surface area contributed by atoms with E-state index < -0.39 is 10.0 Å². The monoisotopic (exact) mass is 591 g/mol. The lowest BCUT2D eigenvalue weighted by molar-refractivity contribution is -0.0696. The average Bonchev–Trinajstić information content (AvgIpc) is 2.75. The van der Waals surface area contributed by atoms with E-state index in [2.05, 4.69) is 51.3 Å². The number of benzene rings is 2. The van der Waals surface area contributed by atoms with E-state index in [1.807, 2.05) is 39.0 Å². The van der Waals surface area contributed by atoms with Crippen molar-refractivity contribution >= 4 is 46.3 Å². The Labute approximate surface area is 220 Å². The van der Waals surface area contributed by atoms with Crippen LogP contribution < -0.4 is 4.83 Å². The van der Waals surface area contributed by atoms with E-state index in [9.17, 15) is 8.42 Å². The molecular weight excluding hydrogens is 556 g/mol. The maximum atomic E-state index is 12.9. The second-order valence-electron chi connectivity index (χ2n) is 9.52. The molecule has 2 aromatic rings. The zero-order valence-electron chi connectivity index (χ0n) is 20.9. The van der Waals surface area contributed by atoms with Gasteiger partial charge in [0.15, 0.2) is 5.84 Å². The van der Waals surface area contributed by atoms with Crippen molar-refractivity contribution in [2.24, 2.45) is 10.5 Å². The fourth-order valence-corrected chi connectivity index (χ4v) is 5.79. The molecule has 1 atom stereocenters. The summed E-state index contributed by atoms with van der Waals surface area (Å²) in [7, 11) is 2.90. The Bertz CT molecular complexity index is 1120. The summed E-state index contributed by atoms with van der Waals surface area (Å²) in [5.74, 6) is 0.669. The highest BCUT2D eigenvalue weighted by molar-refractivity contribution is 14.1. The molecule has 0 bridgehead atoms. The van der Waals surface area contributed by atoms with E-state index in [-0.39, 0.29) is 15.6 Å². The fourth-order valence-electron chi connectivity index (χ4n) is 4.98. The molecule has 1 aliphatic carbocycles. The number of hydrogen-bond donors (Lipinski definition) is 1. The lowest BCUT2D eigenvalue weighted by atomic mass is 9.37. The van der Waals surface area contributed by atoms with Gasteiger partial charge in [0.1, 0.15) is 0 Å². The van der Waals surface area contributed by atoms with Crippen LogP contribution in [0.3, 0.4) is 0 Å². The summed E-state index contributed by atoms with van der Waals surface area (Å²) in [5, 5.41) is 4.34. The molecule has 1 unspecified atom stereocenters. The van der Waals surface area contributed by atoms with Crippen LogP contribution in [0.2, 0.25) is 5.31 Å². The van der Waals surface area contributed by atoms with E-state index in [1.54, 1.807) is 24.3 Å². The van der Waals surface area contributed by atoms with Gasteiger partial charge in [0, 0.05) is 24.1 Å². The highest BCUT2D eigenvalue weighted by Gasteiger charge is 2.60. The molecular formula is C26H35BIN3O2S. The number of hydrazone groups is 1. The van der Waals surface area contributed by atoms with E-state index in [0.717, 1.165) is 54.6 Å². The maximum absolute atomic E-state index is 12.9. The van der Waals surface area contributed by atoms with Crippen LogP contribution in [0.15, 0.2) is 52.5 Å². The standard InChI is InChI=1S/C24H30BN3O2S.C2H5I/c1-5-24(25)14-13-23(24)15-28(16-23)22(21-18(3)7-6-8-19(21)4)26-27-31(29,30)20-11-9-17(2)10-12-20;1-2-3/h6-12,27H,5,13-16H2,1-4H3;2H2,1H3/b26-22+;. The van der Waals surface area contributed by atoms with Gasteiger partial charge in [-0.15, -0.1) is 5.10 Å². The smallest absolute Gasteiger partial charge is 0.276 e. The lowest BCUT2D eigenvalue weighted by Crippen LogP contribution is -2.68. The Morgan fingerprint density at radius 2 is 1.62 bits per heavy atom. The molecule has 1 saturated carbocycles. The number of nitrogens with zero attached hydrogens (tertiary/aromatic N) is 2. The Morgan fingerprint density at radius 3 is 2.09 bits per heavy atom. The van der Waals surface area contributed by atoms with E-state index >= 15 is 0 Å². The van der Waals surface area contributed by atoms with Crippen LogP contribution in [0.5, 0.6) is 0 Å². The Balaban J connectivity index is 0.00000103. The molecule has 1 saturated heterocycles. The first-order valence-corrected chi connectivity index (χ1v) is 14.9. The van der Waals surface area contributed by atoms with Crippen LogP contribution in [-0.4, -0.2) is 44.5 Å². The molecule has 4 rings (SSSR count). The van der Waals surface area contributed by atoms with Gasteiger partial charge in [-0.3, -0.25) is 0 Å². The molecule has 0 amide bonds. The van der Waals surface area contributed by atoms with Gasteiger partial charge in [0.2, 0.25) is 0 Å². The molecule has 1 aliphatic heterocycles. The van der Waals surface area contributed by atoms with Gasteiger partial charge < -0.3 is 4.90 Å². The van der Waals surface area contributed by atoms with Gasteiger partial charge in [-0.1, -0.05) is 90.5 Å². The zero-order valence-corrected chi connectivity index (χ0v) is 23.8. The number of nitrogens with one attached hydrogen (secondary N) is 1. The molecule has 1 spiro atoms. The Hall–Kier alpha value is -1.55. The minimum Gasteiger partial charge on any atom is -0.353 e. The minimum absolute atomic E-state index is 0.106. The highest BCUT2D eigenvalue weighted by atomic mass is 127. The second-order valence-corrected chi connectivity index (χ2v) is 12.7. The topological polar surface area (TPSA) is 61.8 Å². The summed E-state index contributed by atoms with van der Waals surface area (Å²) < 4.78 is 27.0. The van der Waals surface area contributed by atoms with Crippen molar-refractivity contribution < 1.29 is 8.42 Å². The summed E-state index contributed by atoms with van der Waals surface area (Å²) >= 11 is 2.29. The van der Waals surface area contributed by atoms with Crippen molar-refractivity contribution in [3.63, 3.8) is 0 Å². The van der Waals surface area contributed by atoms with Gasteiger partial charge in [-0.2, -0.15) is 13.2 Å². The molecule has 5 nitrogen and oxygen atoms in total. The van der Waals surface area contributed by atoms with Crippen molar-refractivity contribution in [2.75, 3.05) is 17.5 Å². The quantitative estimate of drug-likeness (QED) is 0.124. The van der Waals surface area contributed by atoms with E-state index in [4.69, 9.17) is 7.85 Å². The summed E-state index contributed by atoms with van der Waals surface area (Å²) in [5.41, 5.74) is 4.22. The first kappa shape index (κ1) is 27.0. The Morgan fingerprint density at radius 1 is 1.06 bits per heavy atom. The largest absolute Gasteiger partial charge is 0.353 e. The number of sulfonamides is 1. The number of amidine groups is 1. The zero-order chi connectivity index (χ0) is 25.1. The molecule has 1 N–H and O–H groups in total. The predicted molar refractivity (Wildman–Crippen MR) is 150 cm³/mol. The first-order valence-electron chi connectivity index (χ1n) is 11.8. The van der Waals surface area contributed by atoms with Crippen molar-refractivity contribution in [3.8, 4) is 0 Å². The molecule has 182 valence electrons. The van der Waals surface area contributed by atoms with Crippen molar-refractivity contribution in [3.05, 3.63) is 64.7 Å². The first-order chi connectivity index (χ1) is 16.0. The van der Waals surface area contributed by atoms with Gasteiger partial charge in [-0.05, 0) is 54.9 Å². The van der Waals surface area contributed by atoms with Crippen molar-refractivity contribution in [2.45, 2.75) is 64.1 Å². The van der Waals surface area contributed by atoms with Crippen LogP contribution in [-0.2, 0) is 10.0 Å². The molecule has 2 aliphatic rings. The van der Waals surface area contributed by atoms with Gasteiger partial charge in [0.25, 0.3) is 10.0 Å². The third kappa shape index (κ3) is 5.17. The van der Waals surface area contributed by atoms with Crippen LogP contribution in [0.25, 0.3) is 0 Å². The Kier molecular flexibility index (Phi) is 8.44. The molecule has 8 heteroatoms. The van der Waals surface area contributed by atoms with Crippen LogP contribution in [0.1, 0.15) is 55.4 Å². The van der Waals surface area contributed by atoms with E-state index in [0.29, 0.717) is 5.84 Å². The number of aryl methyl sites for hydroxylation is 3. The summed E-state index contributed by atoms with van der Waals surface area (Å²) in [6.45, 7) is 11.9. The summed E-state index contributed by atoms with van der Waals surface area (Å²) in [4.78, 5) is 4.85. The van der Waals surface area contributed by atoms with E-state index in [1.165, 1.54) is 4.43 Å². The second kappa shape index (κ2) is 10.6. The van der Waals surface area contributed by atoms with Crippen LogP contribution in [0, 0.1) is 26.2 Å². The van der Waals surface area contributed by atoms with Gasteiger partial charge in [-0.25, -0.2) is 0 Å². The van der Waals surface area contributed by atoms with Crippen LogP contribution >= 0.6 is 22.6 Å². The van der Waals surface area contributed by atoms with Crippen LogP contribution in [0.4, 0.5) is 0 Å². The molecule has 2 fully saturated rings. The number of hydrogen-bond acceptors (Lipinski definition) is 3. The average molecular weight is 591 g/mol. The highest BCUT2D eigenvalue weighted by Crippen LogP contribution is 2.66. The third-order valence-electron chi connectivity index (χ3n) is 7.33. The maximum Gasteiger partial charge on any atom is 0.276 e. The van der Waals surface area contributed by atoms with Crippen molar-refractivity contribution in [1.82, 2.24) is 9.73 Å². The molecule has 2 aromatic carbocycles. The molecule has 2 radical (unpaired) electrons. The number of likely N-dealkylation sites (tertiary alicyclic amines) is 1. The number of alkyl halides is 1. The van der Waals surface area contributed by atoms with Crippen molar-refractivity contribution in [1.29, 1.82) is 0 Å². The minimum atomic E-state index is -3.76. The predicted octanol–water partition coefficient (Wildman–Crippen LogP) is 5.53. The normalized spacial score (nSPS) is 21.2. The van der Waals surface area contributed by atoms with Gasteiger partial charge in [0.05, 0.1) is 12.7 Å². The molecule has 0 aromatic heterocycles. The third-order valence-corrected chi connectivity index (χ3v) is 8.56. The number of rotatable bonds is 5.